The zero-order chi connectivity index (χ0) is 21.4. The first-order chi connectivity index (χ1) is 13.7. The van der Waals surface area contributed by atoms with Gasteiger partial charge in [0.1, 0.15) is 5.75 Å². The Hall–Kier alpha value is -3.05. The van der Waals surface area contributed by atoms with Crippen LogP contribution in [0.3, 0.4) is 0 Å². The smallest absolute Gasteiger partial charge is 0.387 e. The number of para-hydroxylation sites is 2. The molecule has 2 aromatic rings. The summed E-state index contributed by atoms with van der Waals surface area (Å²) >= 11 is 0. The quantitative estimate of drug-likeness (QED) is 0.594. The molecule has 0 unspecified atom stereocenters. The fourth-order valence-electron chi connectivity index (χ4n) is 2.23. The number of halogens is 2. The first-order valence-corrected chi connectivity index (χ1v) is 9.81. The van der Waals surface area contributed by atoms with Gasteiger partial charge in [-0.25, -0.2) is 17.9 Å². The third-order valence-electron chi connectivity index (χ3n) is 3.43. The summed E-state index contributed by atoms with van der Waals surface area (Å²) in [4.78, 5) is 23.9. The molecule has 29 heavy (non-hydrogen) atoms. The van der Waals surface area contributed by atoms with Crippen molar-refractivity contribution in [2.75, 3.05) is 18.5 Å². The summed E-state index contributed by atoms with van der Waals surface area (Å²) in [5, 5.41) is 2.29. The van der Waals surface area contributed by atoms with Gasteiger partial charge in [0.15, 0.2) is 6.61 Å². The highest BCUT2D eigenvalue weighted by atomic mass is 32.2. The number of rotatable bonds is 9. The van der Waals surface area contributed by atoms with Crippen molar-refractivity contribution in [3.8, 4) is 5.75 Å². The number of benzene rings is 2. The molecule has 0 radical (unpaired) electrons. The first-order valence-electron chi connectivity index (χ1n) is 8.33. The van der Waals surface area contributed by atoms with Crippen LogP contribution in [0.15, 0.2) is 53.4 Å². The second-order valence-electron chi connectivity index (χ2n) is 5.53. The van der Waals surface area contributed by atoms with Gasteiger partial charge in [-0.15, -0.1) is 0 Å². The lowest BCUT2D eigenvalue weighted by atomic mass is 10.2. The van der Waals surface area contributed by atoms with Crippen LogP contribution in [-0.4, -0.2) is 40.1 Å². The zero-order valence-corrected chi connectivity index (χ0v) is 16.0. The fourth-order valence-corrected chi connectivity index (χ4v) is 3.32. The second-order valence-corrected chi connectivity index (χ2v) is 7.30. The van der Waals surface area contributed by atoms with Crippen molar-refractivity contribution in [1.82, 2.24) is 4.72 Å². The summed E-state index contributed by atoms with van der Waals surface area (Å²) in [5.41, 5.74) is -0.0919. The number of alkyl halides is 2. The van der Waals surface area contributed by atoms with E-state index in [4.69, 9.17) is 4.74 Å². The molecule has 2 rings (SSSR count). The Kier molecular flexibility index (Phi) is 7.62. The molecule has 156 valence electrons. The van der Waals surface area contributed by atoms with Gasteiger partial charge in [-0.3, -0.25) is 4.79 Å². The molecular formula is C18H18F2N2O6S. The summed E-state index contributed by atoms with van der Waals surface area (Å²) in [6.45, 7) is -2.00. The number of anilines is 1. The van der Waals surface area contributed by atoms with Crippen LogP contribution < -0.4 is 14.8 Å². The molecule has 0 aliphatic carbocycles. The van der Waals surface area contributed by atoms with E-state index in [0.717, 1.165) is 6.07 Å². The fraction of sp³-hybridized carbons (Fsp3) is 0.222. The van der Waals surface area contributed by atoms with Crippen LogP contribution in [-0.2, 0) is 19.6 Å². The van der Waals surface area contributed by atoms with Crippen molar-refractivity contribution in [3.05, 3.63) is 54.1 Å². The second kappa shape index (κ2) is 9.94. The summed E-state index contributed by atoms with van der Waals surface area (Å²) in [5.74, 6) is -1.96. The number of hydrogen-bond donors (Lipinski definition) is 2. The highest BCUT2D eigenvalue weighted by molar-refractivity contribution is 7.89. The monoisotopic (exact) mass is 428 g/mol. The standard InChI is InChI=1S/C18H18F2N2O6S/c1-2-21-29(25,26)13-7-5-6-12(10-13)17(24)27-11-16(23)22-14-8-3-4-9-15(14)28-18(19)20/h3-10,18,21H,2,11H2,1H3,(H,22,23). The van der Waals surface area contributed by atoms with Crippen LogP contribution in [0.2, 0.25) is 0 Å². The van der Waals surface area contributed by atoms with Crippen LogP contribution in [0, 0.1) is 0 Å². The maximum Gasteiger partial charge on any atom is 0.387 e. The van der Waals surface area contributed by atoms with Crippen molar-refractivity contribution in [3.63, 3.8) is 0 Å². The summed E-state index contributed by atoms with van der Waals surface area (Å²) < 4.78 is 60.2. The van der Waals surface area contributed by atoms with E-state index < -0.39 is 35.1 Å². The number of nitrogens with one attached hydrogen (secondary N) is 2. The number of sulfonamides is 1. The highest BCUT2D eigenvalue weighted by Gasteiger charge is 2.17. The third kappa shape index (κ3) is 6.50. The van der Waals surface area contributed by atoms with E-state index in [1.807, 2.05) is 0 Å². The predicted molar refractivity (Wildman–Crippen MR) is 99.3 cm³/mol. The molecule has 0 spiro atoms. The molecule has 0 saturated carbocycles. The molecule has 0 aromatic heterocycles. The van der Waals surface area contributed by atoms with Gasteiger partial charge in [0, 0.05) is 6.54 Å². The molecule has 1 amide bonds. The average Bonchev–Trinajstić information content (AvgIpc) is 2.67. The molecule has 0 bridgehead atoms. The van der Waals surface area contributed by atoms with Crippen molar-refractivity contribution >= 4 is 27.6 Å². The SMILES string of the molecule is CCNS(=O)(=O)c1cccc(C(=O)OCC(=O)Nc2ccccc2OC(F)F)c1. The van der Waals surface area contributed by atoms with E-state index in [1.54, 1.807) is 6.92 Å². The molecular weight excluding hydrogens is 410 g/mol. The minimum atomic E-state index is -3.77. The largest absolute Gasteiger partial charge is 0.452 e. The van der Waals surface area contributed by atoms with Crippen molar-refractivity contribution in [1.29, 1.82) is 0 Å². The maximum absolute atomic E-state index is 12.4. The van der Waals surface area contributed by atoms with Gasteiger partial charge in [-0.05, 0) is 30.3 Å². The van der Waals surface area contributed by atoms with Crippen LogP contribution in [0.25, 0.3) is 0 Å². The average molecular weight is 428 g/mol. The number of ether oxygens (including phenoxy) is 2. The van der Waals surface area contributed by atoms with Crippen molar-refractivity contribution in [2.45, 2.75) is 18.4 Å². The van der Waals surface area contributed by atoms with Gasteiger partial charge in [-0.1, -0.05) is 25.1 Å². The van der Waals surface area contributed by atoms with Gasteiger partial charge in [-0.2, -0.15) is 8.78 Å². The molecule has 0 heterocycles. The van der Waals surface area contributed by atoms with Gasteiger partial charge >= 0.3 is 12.6 Å². The van der Waals surface area contributed by atoms with Gasteiger partial charge in [0.05, 0.1) is 16.1 Å². The molecule has 0 aliphatic rings. The van der Waals surface area contributed by atoms with Gasteiger partial charge in [0.2, 0.25) is 10.0 Å². The van der Waals surface area contributed by atoms with Crippen LogP contribution in [0.5, 0.6) is 5.75 Å². The summed E-state index contributed by atoms with van der Waals surface area (Å²) in [7, 11) is -3.77. The van der Waals surface area contributed by atoms with E-state index in [2.05, 4.69) is 14.8 Å². The van der Waals surface area contributed by atoms with E-state index in [-0.39, 0.29) is 28.4 Å². The molecule has 2 N–H and O–H groups in total. The number of carbonyl (C=O) groups excluding carboxylic acids is 2. The lowest BCUT2D eigenvalue weighted by Gasteiger charge is -2.12. The normalized spacial score (nSPS) is 11.2. The molecule has 8 nitrogen and oxygen atoms in total. The molecule has 0 atom stereocenters. The highest BCUT2D eigenvalue weighted by Crippen LogP contribution is 2.25. The molecule has 0 fully saturated rings. The Balaban J connectivity index is 2.00. The minimum Gasteiger partial charge on any atom is -0.452 e. The Morgan fingerprint density at radius 1 is 1.10 bits per heavy atom. The Morgan fingerprint density at radius 2 is 1.83 bits per heavy atom. The predicted octanol–water partition coefficient (Wildman–Crippen LogP) is 2.38. The Labute approximate surface area is 165 Å². The first kappa shape index (κ1) is 22.2. The number of amides is 1. The third-order valence-corrected chi connectivity index (χ3v) is 4.97. The summed E-state index contributed by atoms with van der Waals surface area (Å²) in [6, 6.07) is 10.6. The Morgan fingerprint density at radius 3 is 2.52 bits per heavy atom. The van der Waals surface area contributed by atoms with Gasteiger partial charge in [0.25, 0.3) is 5.91 Å². The van der Waals surface area contributed by atoms with E-state index >= 15 is 0 Å². The van der Waals surface area contributed by atoms with Crippen LogP contribution in [0.4, 0.5) is 14.5 Å². The number of hydrogen-bond acceptors (Lipinski definition) is 6. The molecule has 2 aromatic carbocycles. The number of carbonyl (C=O) groups is 2. The van der Waals surface area contributed by atoms with E-state index in [9.17, 15) is 26.8 Å². The lowest BCUT2D eigenvalue weighted by molar-refractivity contribution is -0.119. The maximum atomic E-state index is 12.4. The summed E-state index contributed by atoms with van der Waals surface area (Å²) in [6.07, 6.45) is 0. The zero-order valence-electron chi connectivity index (χ0n) is 15.2. The topological polar surface area (TPSA) is 111 Å². The van der Waals surface area contributed by atoms with Crippen LogP contribution in [0.1, 0.15) is 17.3 Å². The lowest BCUT2D eigenvalue weighted by Crippen LogP contribution is -2.24. The van der Waals surface area contributed by atoms with Crippen LogP contribution >= 0.6 is 0 Å². The van der Waals surface area contributed by atoms with Gasteiger partial charge < -0.3 is 14.8 Å². The van der Waals surface area contributed by atoms with Crippen molar-refractivity contribution in [2.24, 2.45) is 0 Å². The van der Waals surface area contributed by atoms with E-state index in [1.165, 1.54) is 42.5 Å². The molecule has 11 heteroatoms. The number of esters is 1. The minimum absolute atomic E-state index is 0.0208. The van der Waals surface area contributed by atoms with Crippen molar-refractivity contribution < 1.29 is 36.3 Å². The van der Waals surface area contributed by atoms with E-state index in [0.29, 0.717) is 0 Å². The molecule has 0 saturated heterocycles. The molecule has 0 aliphatic heterocycles. The Bertz CT molecular complexity index is 982.